The molecule has 0 spiro atoms. The summed E-state index contributed by atoms with van der Waals surface area (Å²) in [5, 5.41) is 3.11. The van der Waals surface area contributed by atoms with Crippen LogP contribution in [0.25, 0.3) is 0 Å². The van der Waals surface area contributed by atoms with Crippen LogP contribution in [0.15, 0.2) is 91.0 Å². The van der Waals surface area contributed by atoms with Crippen molar-refractivity contribution in [2.45, 2.75) is 18.5 Å². The Morgan fingerprint density at radius 3 is 1.59 bits per heavy atom. The molecule has 168 valence electrons. The number of nitrogens with one attached hydrogen (secondary N) is 1. The van der Waals surface area contributed by atoms with Gasteiger partial charge in [0.1, 0.15) is 0 Å². The van der Waals surface area contributed by atoms with Crippen molar-refractivity contribution >= 4 is 15.7 Å². The molecule has 1 N–H and O–H groups in total. The van der Waals surface area contributed by atoms with Crippen LogP contribution < -0.4 is 9.62 Å². The summed E-state index contributed by atoms with van der Waals surface area (Å²) >= 11 is 0. The van der Waals surface area contributed by atoms with E-state index in [9.17, 15) is 8.42 Å². The van der Waals surface area contributed by atoms with Crippen molar-refractivity contribution in [3.05, 3.63) is 102 Å². The van der Waals surface area contributed by atoms with E-state index in [-0.39, 0.29) is 12.1 Å². The summed E-state index contributed by atoms with van der Waals surface area (Å²) in [7, 11) is -3.35. The van der Waals surface area contributed by atoms with Gasteiger partial charge in [0.25, 0.3) is 0 Å². The van der Waals surface area contributed by atoms with Crippen molar-refractivity contribution in [3.63, 3.8) is 0 Å². The van der Waals surface area contributed by atoms with Gasteiger partial charge in [-0.3, -0.25) is 9.21 Å². The zero-order valence-electron chi connectivity index (χ0n) is 18.5. The van der Waals surface area contributed by atoms with Gasteiger partial charge in [0.2, 0.25) is 10.0 Å². The molecule has 5 rings (SSSR count). The average molecular weight is 450 g/mol. The molecule has 0 aliphatic carbocycles. The first-order valence-electron chi connectivity index (χ1n) is 11.1. The number of anilines is 1. The Bertz CT molecular complexity index is 1020. The summed E-state index contributed by atoms with van der Waals surface area (Å²) < 4.78 is 26.5. The second-order valence-electron chi connectivity index (χ2n) is 8.33. The van der Waals surface area contributed by atoms with E-state index in [1.807, 2.05) is 42.5 Å². The number of para-hydroxylation sites is 1. The monoisotopic (exact) mass is 449 g/mol. The largest absolute Gasteiger partial charge is 0.317 e. The van der Waals surface area contributed by atoms with Crippen molar-refractivity contribution in [3.8, 4) is 0 Å². The highest BCUT2D eigenvalue weighted by molar-refractivity contribution is 7.92. The van der Waals surface area contributed by atoms with Crippen molar-refractivity contribution in [1.82, 2.24) is 10.2 Å². The molecule has 6 heteroatoms. The summed E-state index contributed by atoms with van der Waals surface area (Å²) in [5.41, 5.74) is 3.17. The molecule has 2 aliphatic rings. The molecule has 0 amide bonds. The van der Waals surface area contributed by atoms with Crippen LogP contribution in [0.3, 0.4) is 0 Å². The smallest absolute Gasteiger partial charge is 0.232 e. The Labute approximate surface area is 191 Å². The maximum Gasteiger partial charge on any atom is 0.232 e. The van der Waals surface area contributed by atoms with Crippen LogP contribution in [0.4, 0.5) is 5.69 Å². The van der Waals surface area contributed by atoms with Gasteiger partial charge in [-0.15, -0.1) is 0 Å². The van der Waals surface area contributed by atoms with Gasteiger partial charge in [-0.05, 0) is 42.8 Å². The highest BCUT2D eigenvalue weighted by Gasteiger charge is 2.40. The first-order chi connectivity index (χ1) is 15.5. The van der Waals surface area contributed by atoms with Gasteiger partial charge in [-0.25, -0.2) is 8.42 Å². The first-order valence-corrected chi connectivity index (χ1v) is 13.0. The third-order valence-electron chi connectivity index (χ3n) is 5.89. The molecule has 2 fully saturated rings. The molecular formula is C26H31N3O2S. The van der Waals surface area contributed by atoms with E-state index < -0.39 is 10.0 Å². The number of nitrogens with zero attached hydrogens (tertiary/aromatic N) is 2. The molecule has 0 atom stereocenters. The van der Waals surface area contributed by atoms with Crippen molar-refractivity contribution in [2.24, 2.45) is 0 Å². The van der Waals surface area contributed by atoms with Gasteiger partial charge in [-0.1, -0.05) is 78.9 Å². The minimum absolute atomic E-state index is 0.0627. The maximum absolute atomic E-state index is 12.5. The van der Waals surface area contributed by atoms with Crippen molar-refractivity contribution < 1.29 is 8.42 Å². The number of likely N-dealkylation sites (tertiary alicyclic amines) is 1. The van der Waals surface area contributed by atoms with E-state index in [4.69, 9.17) is 0 Å². The lowest BCUT2D eigenvalue weighted by molar-refractivity contribution is 0.116. The van der Waals surface area contributed by atoms with E-state index in [2.05, 4.69) is 58.7 Å². The Balaban J connectivity index is 0.000000552. The van der Waals surface area contributed by atoms with E-state index >= 15 is 0 Å². The van der Waals surface area contributed by atoms with Gasteiger partial charge in [0.15, 0.2) is 0 Å². The zero-order valence-corrected chi connectivity index (χ0v) is 19.3. The lowest BCUT2D eigenvalue weighted by atomic mass is 9.93. The fraction of sp³-hybridized carbons (Fsp3) is 0.308. The number of sulfonamides is 1. The Kier molecular flexibility index (Phi) is 7.25. The van der Waals surface area contributed by atoms with Crippen LogP contribution >= 0.6 is 0 Å². The Morgan fingerprint density at radius 1 is 0.812 bits per heavy atom. The molecule has 0 bridgehead atoms. The number of benzene rings is 3. The minimum atomic E-state index is -3.35. The number of hydrogen-bond donors (Lipinski definition) is 1. The van der Waals surface area contributed by atoms with Crippen LogP contribution in [0.1, 0.15) is 23.6 Å². The summed E-state index contributed by atoms with van der Waals surface area (Å²) in [6.45, 7) is 3.88. The Hall–Kier alpha value is -2.67. The summed E-state index contributed by atoms with van der Waals surface area (Å²) in [5.74, 6) is 0. The summed E-state index contributed by atoms with van der Waals surface area (Å²) in [6, 6.07) is 30.2. The van der Waals surface area contributed by atoms with E-state index in [1.54, 1.807) is 4.31 Å². The highest BCUT2D eigenvalue weighted by atomic mass is 32.2. The van der Waals surface area contributed by atoms with Crippen molar-refractivity contribution in [2.75, 3.05) is 36.7 Å². The summed E-state index contributed by atoms with van der Waals surface area (Å²) in [4.78, 5) is 2.34. The molecule has 0 saturated carbocycles. The predicted molar refractivity (Wildman–Crippen MR) is 131 cm³/mol. The Morgan fingerprint density at radius 2 is 1.22 bits per heavy atom. The van der Waals surface area contributed by atoms with Crippen LogP contribution in [0, 0.1) is 0 Å². The van der Waals surface area contributed by atoms with Crippen LogP contribution in [0.2, 0.25) is 0 Å². The molecule has 32 heavy (non-hydrogen) atoms. The lowest BCUT2D eigenvalue weighted by Gasteiger charge is -2.48. The van der Waals surface area contributed by atoms with E-state index in [0.29, 0.717) is 13.1 Å². The normalized spacial score (nSPS) is 16.4. The molecule has 5 nitrogen and oxygen atoms in total. The molecule has 0 aromatic heterocycles. The molecule has 3 aromatic rings. The minimum Gasteiger partial charge on any atom is -0.317 e. The van der Waals surface area contributed by atoms with Gasteiger partial charge in [0, 0.05) is 13.1 Å². The lowest BCUT2D eigenvalue weighted by Crippen LogP contribution is -2.61. The molecule has 3 aromatic carbocycles. The zero-order chi connectivity index (χ0) is 22.4. The average Bonchev–Trinajstić information content (AvgIpc) is 2.72. The van der Waals surface area contributed by atoms with Gasteiger partial charge < -0.3 is 5.32 Å². The number of hydrogen-bond acceptors (Lipinski definition) is 4. The van der Waals surface area contributed by atoms with E-state index in [1.165, 1.54) is 36.9 Å². The third kappa shape index (κ3) is 5.38. The topological polar surface area (TPSA) is 52.7 Å². The van der Waals surface area contributed by atoms with Gasteiger partial charge in [0.05, 0.1) is 24.0 Å². The first kappa shape index (κ1) is 22.5. The van der Waals surface area contributed by atoms with E-state index in [0.717, 1.165) is 5.69 Å². The molecule has 0 radical (unpaired) electrons. The fourth-order valence-corrected chi connectivity index (χ4v) is 5.34. The highest BCUT2D eigenvalue weighted by Crippen LogP contribution is 2.35. The molecule has 2 saturated heterocycles. The second-order valence-corrected chi connectivity index (χ2v) is 10.2. The SMILES string of the molecule is C1CNC1.CS(=O)(=O)N(c1ccccc1)C1CN(C(c2ccccc2)c2ccccc2)C1. The van der Waals surface area contributed by atoms with Crippen LogP contribution in [-0.4, -0.2) is 51.8 Å². The fourth-order valence-electron chi connectivity index (χ4n) is 4.16. The predicted octanol–water partition coefficient (Wildman–Crippen LogP) is 3.91. The molecule has 0 unspecified atom stereocenters. The standard InChI is InChI=1S/C23H24N2O2S.C3H7N/c1-28(26,27)25(21-15-9-4-10-16-21)22-17-24(18-22)23(19-11-5-2-6-12-19)20-13-7-3-8-14-20;1-2-4-3-1/h2-16,22-23H,17-18H2,1H3;4H,1-3H2. The third-order valence-corrected chi connectivity index (χ3v) is 7.12. The van der Waals surface area contributed by atoms with Crippen LogP contribution in [0.5, 0.6) is 0 Å². The quantitative estimate of drug-likeness (QED) is 0.620. The van der Waals surface area contributed by atoms with Gasteiger partial charge >= 0.3 is 0 Å². The van der Waals surface area contributed by atoms with Crippen molar-refractivity contribution in [1.29, 1.82) is 0 Å². The molecule has 2 heterocycles. The van der Waals surface area contributed by atoms with Crippen LogP contribution in [-0.2, 0) is 10.0 Å². The number of rotatable bonds is 6. The molecule has 2 aliphatic heterocycles. The summed E-state index contributed by atoms with van der Waals surface area (Å²) in [6.07, 6.45) is 2.68. The second kappa shape index (κ2) is 10.3. The molecular weight excluding hydrogens is 418 g/mol. The maximum atomic E-state index is 12.5. The van der Waals surface area contributed by atoms with Gasteiger partial charge in [-0.2, -0.15) is 0 Å².